The van der Waals surface area contributed by atoms with Crippen molar-refractivity contribution >= 4 is 5.97 Å². The molecule has 0 heterocycles. The molecule has 0 aromatic heterocycles. The van der Waals surface area contributed by atoms with Crippen LogP contribution >= 0.6 is 0 Å². The molecule has 0 aliphatic heterocycles. The van der Waals surface area contributed by atoms with Crippen LogP contribution in [0, 0.1) is 0 Å². The van der Waals surface area contributed by atoms with E-state index in [1.165, 1.54) is 0 Å². The van der Waals surface area contributed by atoms with Gasteiger partial charge < -0.3 is 19.8 Å². The number of quaternary nitrogens is 1. The van der Waals surface area contributed by atoms with Crippen LogP contribution in [0.4, 0.5) is 0 Å². The van der Waals surface area contributed by atoms with Crippen molar-refractivity contribution in [3.63, 3.8) is 0 Å². The molecular formula is C7H16NO4+. The Morgan fingerprint density at radius 1 is 1.33 bits per heavy atom. The predicted molar refractivity (Wildman–Crippen MR) is 42.6 cm³/mol. The highest BCUT2D eigenvalue weighted by molar-refractivity contribution is 5.67. The van der Waals surface area contributed by atoms with Gasteiger partial charge in [-0.25, -0.2) is 4.79 Å². The molecule has 0 aliphatic carbocycles. The maximum Gasteiger partial charge on any atom is 0.359 e. The monoisotopic (exact) mass is 178 g/mol. The van der Waals surface area contributed by atoms with Crippen molar-refractivity contribution in [2.75, 3.05) is 33.9 Å². The summed E-state index contributed by atoms with van der Waals surface area (Å²) in [5.41, 5.74) is 0. The number of carboxylic acid groups (broad SMARTS) is 1. The second-order valence-corrected chi connectivity index (χ2v) is 3.35. The van der Waals surface area contributed by atoms with E-state index in [0.29, 0.717) is 0 Å². The summed E-state index contributed by atoms with van der Waals surface area (Å²) in [6.45, 7) is -0.528. The minimum atomic E-state index is -0.938. The lowest BCUT2D eigenvalue weighted by Crippen LogP contribution is -2.55. The maximum atomic E-state index is 10.4. The van der Waals surface area contributed by atoms with E-state index in [1.54, 1.807) is 14.1 Å². The Bertz CT molecular complexity index is 153. The molecule has 0 saturated carbocycles. The number of hydrogen-bond donors (Lipinski definition) is 3. The van der Waals surface area contributed by atoms with Crippen LogP contribution in [0.1, 0.15) is 0 Å². The van der Waals surface area contributed by atoms with Gasteiger partial charge in [0.15, 0.2) is 6.54 Å². The summed E-state index contributed by atoms with van der Waals surface area (Å²) in [6.07, 6.45) is 0. The van der Waals surface area contributed by atoms with E-state index in [-0.39, 0.29) is 24.2 Å². The Balaban J connectivity index is 4.24. The van der Waals surface area contributed by atoms with Gasteiger partial charge in [-0.15, -0.1) is 0 Å². The first-order valence-electron chi connectivity index (χ1n) is 3.70. The second kappa shape index (κ2) is 4.39. The molecule has 5 heteroatoms. The molecule has 0 unspecified atom stereocenters. The highest BCUT2D eigenvalue weighted by Crippen LogP contribution is 2.04. The van der Waals surface area contributed by atoms with Crippen LogP contribution in [-0.4, -0.2) is 65.7 Å². The number of likely N-dealkylation sites (N-methyl/N-ethyl adjacent to an activating group) is 1. The first-order valence-corrected chi connectivity index (χ1v) is 3.70. The lowest BCUT2D eigenvalue weighted by Gasteiger charge is -2.34. The number of rotatable bonds is 5. The van der Waals surface area contributed by atoms with E-state index in [2.05, 4.69) is 0 Å². The van der Waals surface area contributed by atoms with Gasteiger partial charge in [-0.3, -0.25) is 0 Å². The summed E-state index contributed by atoms with van der Waals surface area (Å²) >= 11 is 0. The molecular weight excluding hydrogens is 162 g/mol. The Kier molecular flexibility index (Phi) is 4.16. The molecule has 0 radical (unpaired) electrons. The van der Waals surface area contributed by atoms with Gasteiger partial charge >= 0.3 is 5.97 Å². The zero-order valence-electron chi connectivity index (χ0n) is 7.40. The van der Waals surface area contributed by atoms with Crippen LogP contribution in [0.2, 0.25) is 0 Å². The molecule has 5 nitrogen and oxygen atoms in total. The summed E-state index contributed by atoms with van der Waals surface area (Å²) in [5, 5.41) is 26.1. The van der Waals surface area contributed by atoms with Crippen molar-refractivity contribution in [3.8, 4) is 0 Å². The third-order valence-electron chi connectivity index (χ3n) is 1.95. The van der Waals surface area contributed by atoms with Crippen LogP contribution in [0.15, 0.2) is 0 Å². The van der Waals surface area contributed by atoms with E-state index in [4.69, 9.17) is 15.3 Å². The fourth-order valence-electron chi connectivity index (χ4n) is 0.978. The third-order valence-corrected chi connectivity index (χ3v) is 1.95. The largest absolute Gasteiger partial charge is 0.477 e. The van der Waals surface area contributed by atoms with Crippen molar-refractivity contribution in [1.82, 2.24) is 0 Å². The number of hydrogen-bond acceptors (Lipinski definition) is 3. The molecule has 12 heavy (non-hydrogen) atoms. The van der Waals surface area contributed by atoms with Gasteiger partial charge in [0.25, 0.3) is 0 Å². The summed E-state index contributed by atoms with van der Waals surface area (Å²) in [6, 6.07) is -0.430. The van der Waals surface area contributed by atoms with Gasteiger partial charge in [-0.1, -0.05) is 0 Å². The maximum absolute atomic E-state index is 10.4. The number of carbonyl (C=O) groups is 1. The van der Waals surface area contributed by atoms with Gasteiger partial charge in [0.2, 0.25) is 0 Å². The number of aliphatic hydroxyl groups excluding tert-OH is 2. The molecule has 0 spiro atoms. The van der Waals surface area contributed by atoms with Crippen LogP contribution in [0.25, 0.3) is 0 Å². The van der Waals surface area contributed by atoms with Gasteiger partial charge in [0.1, 0.15) is 6.04 Å². The van der Waals surface area contributed by atoms with Crippen LogP contribution in [0.5, 0.6) is 0 Å². The minimum absolute atomic E-state index is 0.0856. The van der Waals surface area contributed by atoms with Crippen molar-refractivity contribution in [3.05, 3.63) is 0 Å². The lowest BCUT2D eigenvalue weighted by molar-refractivity contribution is -0.909. The molecule has 0 amide bonds. The van der Waals surface area contributed by atoms with E-state index in [0.717, 1.165) is 0 Å². The quantitative estimate of drug-likeness (QED) is 0.448. The lowest BCUT2D eigenvalue weighted by atomic mass is 10.2. The Hall–Kier alpha value is -0.650. The molecule has 0 fully saturated rings. The first kappa shape index (κ1) is 11.4. The van der Waals surface area contributed by atoms with Crippen molar-refractivity contribution in [2.45, 2.75) is 6.04 Å². The Morgan fingerprint density at radius 3 is 2.00 bits per heavy atom. The van der Waals surface area contributed by atoms with Crippen LogP contribution in [-0.2, 0) is 4.79 Å². The molecule has 0 aromatic carbocycles. The van der Waals surface area contributed by atoms with Crippen molar-refractivity contribution in [1.29, 1.82) is 0 Å². The third kappa shape index (κ3) is 3.17. The van der Waals surface area contributed by atoms with Crippen LogP contribution < -0.4 is 0 Å². The number of aliphatic hydroxyl groups is 2. The average molecular weight is 178 g/mol. The molecule has 0 bridgehead atoms. The van der Waals surface area contributed by atoms with Gasteiger partial charge in [0.05, 0.1) is 27.3 Å². The van der Waals surface area contributed by atoms with Gasteiger partial charge in [0, 0.05) is 0 Å². The molecule has 0 saturated heterocycles. The average Bonchev–Trinajstić information content (AvgIpc) is 1.85. The zero-order chi connectivity index (χ0) is 9.78. The SMILES string of the molecule is C[N+](C)(CC(=O)O)C(CO)CO. The molecule has 3 N–H and O–H groups in total. The minimum Gasteiger partial charge on any atom is -0.477 e. The highest BCUT2D eigenvalue weighted by Gasteiger charge is 2.29. The number of aliphatic carboxylic acids is 1. The fraction of sp³-hybridized carbons (Fsp3) is 0.857. The van der Waals surface area contributed by atoms with E-state index in [9.17, 15) is 4.79 Å². The summed E-state index contributed by atoms with van der Waals surface area (Å²) in [5.74, 6) is -0.938. The van der Waals surface area contributed by atoms with Crippen molar-refractivity contribution in [2.24, 2.45) is 0 Å². The topological polar surface area (TPSA) is 77.8 Å². The molecule has 72 valence electrons. The van der Waals surface area contributed by atoms with E-state index in [1.807, 2.05) is 0 Å². The predicted octanol–water partition coefficient (Wildman–Crippen LogP) is -1.50. The van der Waals surface area contributed by atoms with Crippen LogP contribution in [0.3, 0.4) is 0 Å². The zero-order valence-corrected chi connectivity index (χ0v) is 7.40. The Labute approximate surface area is 71.4 Å². The standard InChI is InChI=1S/C7H15NO4/c1-8(2,3-7(11)12)6(4-9)5-10/h6,9-10H,3-5H2,1-2H3/p+1. The summed E-state index contributed by atoms with van der Waals surface area (Å²) in [4.78, 5) is 10.4. The smallest absolute Gasteiger partial charge is 0.359 e. The van der Waals surface area contributed by atoms with Crippen molar-refractivity contribution < 1.29 is 24.6 Å². The fourth-order valence-corrected chi connectivity index (χ4v) is 0.978. The summed E-state index contributed by atoms with van der Waals surface area (Å²) < 4.78 is 0.0856. The highest BCUT2D eigenvalue weighted by atomic mass is 16.4. The normalized spacial score (nSPS) is 12.1. The molecule has 0 aliphatic rings. The first-order chi connectivity index (χ1) is 5.44. The molecule has 0 aromatic rings. The van der Waals surface area contributed by atoms with E-state index >= 15 is 0 Å². The summed E-state index contributed by atoms with van der Waals surface area (Å²) in [7, 11) is 3.32. The molecule has 0 rings (SSSR count). The number of nitrogens with zero attached hydrogens (tertiary/aromatic N) is 1. The van der Waals surface area contributed by atoms with Gasteiger partial charge in [-0.05, 0) is 0 Å². The number of carboxylic acids is 1. The second-order valence-electron chi connectivity index (χ2n) is 3.35. The van der Waals surface area contributed by atoms with E-state index < -0.39 is 12.0 Å². The van der Waals surface area contributed by atoms with Gasteiger partial charge in [-0.2, -0.15) is 0 Å². The Morgan fingerprint density at radius 2 is 1.75 bits per heavy atom. The molecule has 0 atom stereocenters.